The third kappa shape index (κ3) is 2.65. The molecular weight excluding hydrogens is 222 g/mol. The van der Waals surface area contributed by atoms with Crippen LogP contribution >= 0.6 is 0 Å². The molecule has 0 amide bonds. The summed E-state index contributed by atoms with van der Waals surface area (Å²) in [4.78, 5) is 13.0. The number of nitrogens with zero attached hydrogens (tertiary/aromatic N) is 3. The lowest BCUT2D eigenvalue weighted by Crippen LogP contribution is -2.40. The van der Waals surface area contributed by atoms with Crippen molar-refractivity contribution in [2.24, 2.45) is 13.0 Å². The molecule has 1 fully saturated rings. The molecule has 1 aromatic rings. The SMILES string of the molecule is CN(Cc1ccn(C)n1)C1COCC1C(=O)O. The van der Waals surface area contributed by atoms with Gasteiger partial charge in [0.15, 0.2) is 0 Å². The standard InChI is InChI=1S/C11H17N3O3/c1-13(5-8-3-4-14(2)12-8)10-7-17-6-9(10)11(15)16/h3-4,9-10H,5-7H2,1-2H3,(H,15,16). The van der Waals surface area contributed by atoms with Gasteiger partial charge in [-0.25, -0.2) is 0 Å². The number of carbonyl (C=O) groups is 1. The number of aliphatic carboxylic acids is 1. The Kier molecular flexibility index (Phi) is 3.44. The molecule has 2 atom stereocenters. The van der Waals surface area contributed by atoms with E-state index in [0.29, 0.717) is 19.8 Å². The van der Waals surface area contributed by atoms with Gasteiger partial charge in [-0.1, -0.05) is 0 Å². The number of hydrogen-bond donors (Lipinski definition) is 1. The quantitative estimate of drug-likeness (QED) is 0.798. The van der Waals surface area contributed by atoms with Crippen molar-refractivity contribution < 1.29 is 14.6 Å². The highest BCUT2D eigenvalue weighted by molar-refractivity contribution is 5.71. The van der Waals surface area contributed by atoms with Crippen LogP contribution in [0.4, 0.5) is 0 Å². The third-order valence-electron chi connectivity index (χ3n) is 3.11. The van der Waals surface area contributed by atoms with Crippen molar-refractivity contribution in [1.29, 1.82) is 0 Å². The maximum Gasteiger partial charge on any atom is 0.310 e. The largest absolute Gasteiger partial charge is 0.481 e. The summed E-state index contributed by atoms with van der Waals surface area (Å²) in [6, 6.07) is 1.86. The molecule has 94 valence electrons. The van der Waals surface area contributed by atoms with Crippen molar-refractivity contribution in [3.05, 3.63) is 18.0 Å². The molecule has 0 spiro atoms. The first-order valence-corrected chi connectivity index (χ1v) is 5.57. The van der Waals surface area contributed by atoms with Crippen LogP contribution in [0, 0.1) is 5.92 Å². The summed E-state index contributed by atoms with van der Waals surface area (Å²) >= 11 is 0. The van der Waals surface area contributed by atoms with Crippen molar-refractivity contribution in [3.8, 4) is 0 Å². The van der Waals surface area contributed by atoms with Crippen LogP contribution in [-0.2, 0) is 23.1 Å². The molecule has 0 aliphatic carbocycles. The van der Waals surface area contributed by atoms with Gasteiger partial charge in [-0.05, 0) is 13.1 Å². The van der Waals surface area contributed by atoms with Crippen LogP contribution in [-0.4, -0.2) is 52.1 Å². The minimum atomic E-state index is -0.791. The second-order valence-corrected chi connectivity index (χ2v) is 4.45. The molecule has 0 radical (unpaired) electrons. The summed E-state index contributed by atoms with van der Waals surface area (Å²) in [6.07, 6.45) is 1.88. The monoisotopic (exact) mass is 239 g/mol. The molecule has 2 heterocycles. The predicted octanol–water partition coefficient (Wildman–Crippen LogP) is -0.0485. The molecule has 1 aliphatic heterocycles. The summed E-state index contributed by atoms with van der Waals surface area (Å²) in [6.45, 7) is 1.41. The first-order valence-electron chi connectivity index (χ1n) is 5.57. The van der Waals surface area contributed by atoms with Gasteiger partial charge in [-0.15, -0.1) is 0 Å². The molecule has 0 saturated carbocycles. The number of hydrogen-bond acceptors (Lipinski definition) is 4. The summed E-state index contributed by atoms with van der Waals surface area (Å²) in [5.74, 6) is -1.23. The lowest BCUT2D eigenvalue weighted by Gasteiger charge is -2.25. The van der Waals surface area contributed by atoms with Crippen molar-refractivity contribution in [3.63, 3.8) is 0 Å². The third-order valence-corrected chi connectivity index (χ3v) is 3.11. The van der Waals surface area contributed by atoms with Gasteiger partial charge in [0.25, 0.3) is 0 Å². The van der Waals surface area contributed by atoms with Crippen LogP contribution in [0.25, 0.3) is 0 Å². The second-order valence-electron chi connectivity index (χ2n) is 4.45. The van der Waals surface area contributed by atoms with E-state index in [1.807, 2.05) is 31.3 Å². The fourth-order valence-corrected chi connectivity index (χ4v) is 2.13. The Morgan fingerprint density at radius 2 is 2.47 bits per heavy atom. The number of carboxylic acids is 1. The Bertz CT molecular complexity index is 404. The molecule has 2 rings (SSSR count). The highest BCUT2D eigenvalue weighted by Crippen LogP contribution is 2.20. The van der Waals surface area contributed by atoms with E-state index in [2.05, 4.69) is 5.10 Å². The van der Waals surface area contributed by atoms with Crippen molar-refractivity contribution in [2.45, 2.75) is 12.6 Å². The summed E-state index contributed by atoms with van der Waals surface area (Å²) in [7, 11) is 3.77. The topological polar surface area (TPSA) is 67.6 Å². The first kappa shape index (κ1) is 12.1. The number of aromatic nitrogens is 2. The van der Waals surface area contributed by atoms with Gasteiger partial charge >= 0.3 is 5.97 Å². The lowest BCUT2D eigenvalue weighted by molar-refractivity contribution is -0.143. The van der Waals surface area contributed by atoms with E-state index < -0.39 is 11.9 Å². The van der Waals surface area contributed by atoms with E-state index in [1.165, 1.54) is 0 Å². The van der Waals surface area contributed by atoms with Crippen molar-refractivity contribution >= 4 is 5.97 Å². The molecular formula is C11H17N3O3. The van der Waals surface area contributed by atoms with E-state index in [1.54, 1.807) is 4.68 Å². The van der Waals surface area contributed by atoms with E-state index >= 15 is 0 Å². The molecule has 17 heavy (non-hydrogen) atoms. The van der Waals surface area contributed by atoms with Crippen LogP contribution in [0.3, 0.4) is 0 Å². The zero-order valence-electron chi connectivity index (χ0n) is 10.0. The Labute approximate surface area is 99.8 Å². The predicted molar refractivity (Wildman–Crippen MR) is 60.4 cm³/mol. The summed E-state index contributed by atoms with van der Waals surface area (Å²) < 4.78 is 6.99. The van der Waals surface area contributed by atoms with Crippen LogP contribution in [0.2, 0.25) is 0 Å². The molecule has 6 heteroatoms. The average molecular weight is 239 g/mol. The van der Waals surface area contributed by atoms with Crippen LogP contribution in [0.1, 0.15) is 5.69 Å². The molecule has 1 saturated heterocycles. The smallest absolute Gasteiger partial charge is 0.310 e. The Morgan fingerprint density at radius 1 is 1.71 bits per heavy atom. The molecule has 6 nitrogen and oxygen atoms in total. The van der Waals surface area contributed by atoms with Gasteiger partial charge in [0.05, 0.1) is 24.8 Å². The normalized spacial score (nSPS) is 24.4. The van der Waals surface area contributed by atoms with Crippen molar-refractivity contribution in [2.75, 3.05) is 20.3 Å². The Hall–Kier alpha value is -1.40. The Morgan fingerprint density at radius 3 is 3.06 bits per heavy atom. The van der Waals surface area contributed by atoms with Crippen molar-refractivity contribution in [1.82, 2.24) is 14.7 Å². The molecule has 2 unspecified atom stereocenters. The fraction of sp³-hybridized carbons (Fsp3) is 0.636. The number of rotatable bonds is 4. The minimum absolute atomic E-state index is 0.0745. The van der Waals surface area contributed by atoms with Gasteiger partial charge < -0.3 is 9.84 Å². The van der Waals surface area contributed by atoms with Gasteiger partial charge in [-0.2, -0.15) is 5.10 Å². The van der Waals surface area contributed by atoms with Gasteiger partial charge in [0, 0.05) is 25.8 Å². The van der Waals surface area contributed by atoms with Gasteiger partial charge in [0.1, 0.15) is 0 Å². The summed E-state index contributed by atoms with van der Waals surface area (Å²) in [5, 5.41) is 13.4. The summed E-state index contributed by atoms with van der Waals surface area (Å²) in [5.41, 5.74) is 0.936. The molecule has 0 bridgehead atoms. The maximum atomic E-state index is 11.0. The van der Waals surface area contributed by atoms with Crippen LogP contribution in [0.15, 0.2) is 12.3 Å². The van der Waals surface area contributed by atoms with E-state index in [-0.39, 0.29) is 6.04 Å². The molecule has 1 N–H and O–H groups in total. The molecule has 1 aromatic heterocycles. The average Bonchev–Trinajstić information content (AvgIpc) is 2.86. The van der Waals surface area contributed by atoms with E-state index in [4.69, 9.17) is 9.84 Å². The number of carboxylic acid groups (broad SMARTS) is 1. The van der Waals surface area contributed by atoms with Crippen LogP contribution < -0.4 is 0 Å². The Balaban J connectivity index is 1.99. The highest BCUT2D eigenvalue weighted by atomic mass is 16.5. The van der Waals surface area contributed by atoms with E-state index in [9.17, 15) is 4.79 Å². The second kappa shape index (κ2) is 4.85. The van der Waals surface area contributed by atoms with Crippen LogP contribution in [0.5, 0.6) is 0 Å². The zero-order valence-corrected chi connectivity index (χ0v) is 10.0. The first-order chi connectivity index (χ1) is 8.08. The molecule has 0 aromatic carbocycles. The minimum Gasteiger partial charge on any atom is -0.481 e. The maximum absolute atomic E-state index is 11.0. The molecule has 1 aliphatic rings. The number of ether oxygens (including phenoxy) is 1. The zero-order chi connectivity index (χ0) is 12.4. The highest BCUT2D eigenvalue weighted by Gasteiger charge is 2.36. The number of likely N-dealkylation sites (N-methyl/N-ethyl adjacent to an activating group) is 1. The van der Waals surface area contributed by atoms with Gasteiger partial charge in [-0.3, -0.25) is 14.4 Å². The lowest BCUT2D eigenvalue weighted by atomic mass is 10.0. The fourth-order valence-electron chi connectivity index (χ4n) is 2.13. The van der Waals surface area contributed by atoms with E-state index in [0.717, 1.165) is 5.69 Å². The number of aryl methyl sites for hydroxylation is 1. The van der Waals surface area contributed by atoms with Gasteiger partial charge in [0.2, 0.25) is 0 Å².